The average molecular weight is 371 g/mol. The van der Waals surface area contributed by atoms with Crippen LogP contribution in [0.3, 0.4) is 0 Å². The largest absolute Gasteiger partial charge is 0.493 e. The van der Waals surface area contributed by atoms with Gasteiger partial charge in [-0.25, -0.2) is 0 Å². The lowest BCUT2D eigenvalue weighted by Crippen LogP contribution is -2.14. The summed E-state index contributed by atoms with van der Waals surface area (Å²) in [6.07, 6.45) is 4.98. The van der Waals surface area contributed by atoms with Gasteiger partial charge in [-0.1, -0.05) is 0 Å². The van der Waals surface area contributed by atoms with E-state index in [0.717, 1.165) is 18.6 Å². The molecule has 0 atom stereocenters. The summed E-state index contributed by atoms with van der Waals surface area (Å²) < 4.78 is 21.9. The summed E-state index contributed by atoms with van der Waals surface area (Å²) in [4.78, 5) is 12.7. The monoisotopic (exact) mass is 371 g/mol. The predicted octanol–water partition coefficient (Wildman–Crippen LogP) is 4.29. The molecule has 0 spiro atoms. The normalized spacial score (nSPS) is 13.9. The molecule has 0 aromatic heterocycles. The zero-order valence-electron chi connectivity index (χ0n) is 15.9. The number of methoxy groups -OCH3 is 3. The van der Waals surface area contributed by atoms with Crippen LogP contribution in [0.1, 0.15) is 36.0 Å². The van der Waals surface area contributed by atoms with Crippen molar-refractivity contribution in [2.75, 3.05) is 26.6 Å². The topological polar surface area (TPSA) is 66.0 Å². The number of anilines is 1. The molecule has 2 aromatic rings. The summed E-state index contributed by atoms with van der Waals surface area (Å²) in [5, 5.41) is 2.87. The number of benzene rings is 2. The molecule has 6 nitrogen and oxygen atoms in total. The third-order valence-corrected chi connectivity index (χ3v) is 4.67. The second-order valence-corrected chi connectivity index (χ2v) is 6.38. The van der Waals surface area contributed by atoms with Gasteiger partial charge in [0.05, 0.1) is 33.0 Å². The number of carbonyl (C=O) groups is 1. The van der Waals surface area contributed by atoms with Crippen molar-refractivity contribution in [3.05, 3.63) is 42.0 Å². The van der Waals surface area contributed by atoms with Gasteiger partial charge in [-0.2, -0.15) is 0 Å². The minimum absolute atomic E-state index is 0.294. The Bertz CT molecular complexity index is 782. The summed E-state index contributed by atoms with van der Waals surface area (Å²) in [7, 11) is 4.53. The molecule has 0 radical (unpaired) electrons. The number of nitrogens with one attached hydrogen (secondary N) is 1. The van der Waals surface area contributed by atoms with E-state index < -0.39 is 0 Å². The Morgan fingerprint density at radius 3 is 2.15 bits per heavy atom. The van der Waals surface area contributed by atoms with Crippen LogP contribution in [0.15, 0.2) is 36.4 Å². The van der Waals surface area contributed by atoms with Crippen LogP contribution in [0.4, 0.5) is 5.69 Å². The predicted molar refractivity (Wildman–Crippen MR) is 103 cm³/mol. The Morgan fingerprint density at radius 2 is 1.56 bits per heavy atom. The van der Waals surface area contributed by atoms with Crippen LogP contribution in [0, 0.1) is 0 Å². The lowest BCUT2D eigenvalue weighted by atomic mass is 10.1. The number of hydrogen-bond acceptors (Lipinski definition) is 5. The summed E-state index contributed by atoms with van der Waals surface area (Å²) in [6, 6.07) is 10.7. The Balaban J connectivity index is 1.73. The van der Waals surface area contributed by atoms with E-state index in [1.807, 2.05) is 24.3 Å². The highest BCUT2D eigenvalue weighted by Gasteiger charge is 2.21. The molecule has 1 amide bonds. The summed E-state index contributed by atoms with van der Waals surface area (Å²) >= 11 is 0. The highest BCUT2D eigenvalue weighted by Crippen LogP contribution is 2.40. The van der Waals surface area contributed by atoms with Crippen LogP contribution in [0.25, 0.3) is 0 Å². The molecule has 0 bridgehead atoms. The van der Waals surface area contributed by atoms with Crippen molar-refractivity contribution in [2.24, 2.45) is 0 Å². The molecule has 1 fully saturated rings. The van der Waals surface area contributed by atoms with E-state index in [9.17, 15) is 4.79 Å². The van der Waals surface area contributed by atoms with Gasteiger partial charge in [0.25, 0.3) is 5.91 Å². The molecule has 0 heterocycles. The molecule has 1 saturated carbocycles. The molecule has 3 rings (SSSR count). The SMILES string of the molecule is COc1ccc(C(=O)Nc2ccc(OC3CCCC3)cc2)c(OC)c1OC. The number of amides is 1. The van der Waals surface area contributed by atoms with Gasteiger partial charge < -0.3 is 24.3 Å². The highest BCUT2D eigenvalue weighted by molar-refractivity contribution is 6.07. The first-order valence-electron chi connectivity index (χ1n) is 9.03. The summed E-state index contributed by atoms with van der Waals surface area (Å²) in [5.74, 6) is 1.74. The maximum atomic E-state index is 12.7. The fourth-order valence-electron chi connectivity index (χ4n) is 3.29. The van der Waals surface area contributed by atoms with Gasteiger partial charge in [-0.05, 0) is 62.1 Å². The van der Waals surface area contributed by atoms with E-state index in [1.165, 1.54) is 34.2 Å². The Hall–Kier alpha value is -2.89. The van der Waals surface area contributed by atoms with Crippen LogP contribution in [-0.4, -0.2) is 33.3 Å². The first-order valence-corrected chi connectivity index (χ1v) is 9.03. The lowest BCUT2D eigenvalue weighted by molar-refractivity contribution is 0.102. The molecule has 0 aliphatic heterocycles. The quantitative estimate of drug-likeness (QED) is 0.787. The summed E-state index contributed by atoms with van der Waals surface area (Å²) in [6.45, 7) is 0. The van der Waals surface area contributed by atoms with E-state index in [-0.39, 0.29) is 5.91 Å². The van der Waals surface area contributed by atoms with Gasteiger partial charge in [0.2, 0.25) is 5.75 Å². The second kappa shape index (κ2) is 8.66. The van der Waals surface area contributed by atoms with Gasteiger partial charge in [-0.15, -0.1) is 0 Å². The van der Waals surface area contributed by atoms with Crippen molar-refractivity contribution in [2.45, 2.75) is 31.8 Å². The maximum absolute atomic E-state index is 12.7. The molecule has 1 N–H and O–H groups in total. The first kappa shape index (κ1) is 18.9. The zero-order valence-corrected chi connectivity index (χ0v) is 15.9. The van der Waals surface area contributed by atoms with Crippen molar-refractivity contribution < 1.29 is 23.7 Å². The van der Waals surface area contributed by atoms with Crippen LogP contribution >= 0.6 is 0 Å². The molecule has 0 saturated heterocycles. The van der Waals surface area contributed by atoms with Crippen molar-refractivity contribution >= 4 is 11.6 Å². The Labute approximate surface area is 159 Å². The number of ether oxygens (including phenoxy) is 4. The van der Waals surface area contributed by atoms with Crippen molar-refractivity contribution in [1.29, 1.82) is 0 Å². The smallest absolute Gasteiger partial charge is 0.259 e. The molecular weight excluding hydrogens is 346 g/mol. The van der Waals surface area contributed by atoms with E-state index >= 15 is 0 Å². The van der Waals surface area contributed by atoms with Gasteiger partial charge in [0.15, 0.2) is 11.5 Å². The molecule has 2 aromatic carbocycles. The van der Waals surface area contributed by atoms with E-state index in [0.29, 0.717) is 34.6 Å². The second-order valence-electron chi connectivity index (χ2n) is 6.38. The molecule has 6 heteroatoms. The Morgan fingerprint density at radius 1 is 0.889 bits per heavy atom. The van der Waals surface area contributed by atoms with Crippen LogP contribution in [-0.2, 0) is 0 Å². The molecule has 144 valence electrons. The maximum Gasteiger partial charge on any atom is 0.259 e. The standard InChI is InChI=1S/C21H25NO5/c1-24-18-13-12-17(19(25-2)20(18)26-3)21(23)22-14-8-10-16(11-9-14)27-15-6-4-5-7-15/h8-13,15H,4-7H2,1-3H3,(H,22,23). The highest BCUT2D eigenvalue weighted by atomic mass is 16.5. The average Bonchev–Trinajstić information content (AvgIpc) is 3.21. The van der Waals surface area contributed by atoms with Crippen LogP contribution < -0.4 is 24.3 Å². The van der Waals surface area contributed by atoms with E-state index in [4.69, 9.17) is 18.9 Å². The van der Waals surface area contributed by atoms with E-state index in [2.05, 4.69) is 5.32 Å². The van der Waals surface area contributed by atoms with Crippen molar-refractivity contribution in [1.82, 2.24) is 0 Å². The van der Waals surface area contributed by atoms with Crippen LogP contribution in [0.2, 0.25) is 0 Å². The first-order chi connectivity index (χ1) is 13.2. The minimum atomic E-state index is -0.294. The molecule has 1 aliphatic carbocycles. The fourth-order valence-corrected chi connectivity index (χ4v) is 3.29. The lowest BCUT2D eigenvalue weighted by Gasteiger charge is -2.16. The number of rotatable bonds is 7. The van der Waals surface area contributed by atoms with Crippen LogP contribution in [0.5, 0.6) is 23.0 Å². The molecule has 27 heavy (non-hydrogen) atoms. The van der Waals surface area contributed by atoms with Crippen molar-refractivity contribution in [3.8, 4) is 23.0 Å². The van der Waals surface area contributed by atoms with Gasteiger partial charge in [-0.3, -0.25) is 4.79 Å². The number of hydrogen-bond donors (Lipinski definition) is 1. The molecule has 1 aliphatic rings. The fraction of sp³-hybridized carbons (Fsp3) is 0.381. The number of carbonyl (C=O) groups excluding carboxylic acids is 1. The minimum Gasteiger partial charge on any atom is -0.493 e. The zero-order chi connectivity index (χ0) is 19.2. The Kier molecular flexibility index (Phi) is 6.06. The van der Waals surface area contributed by atoms with Gasteiger partial charge in [0.1, 0.15) is 5.75 Å². The third-order valence-electron chi connectivity index (χ3n) is 4.67. The van der Waals surface area contributed by atoms with Crippen molar-refractivity contribution in [3.63, 3.8) is 0 Å². The molecular formula is C21H25NO5. The van der Waals surface area contributed by atoms with E-state index in [1.54, 1.807) is 12.1 Å². The third kappa shape index (κ3) is 4.27. The molecule has 0 unspecified atom stereocenters. The van der Waals surface area contributed by atoms with Gasteiger partial charge >= 0.3 is 0 Å². The van der Waals surface area contributed by atoms with Gasteiger partial charge in [0, 0.05) is 5.69 Å². The summed E-state index contributed by atoms with van der Waals surface area (Å²) in [5.41, 5.74) is 1.04.